The van der Waals surface area contributed by atoms with E-state index in [4.69, 9.17) is 26.1 Å². The fourth-order valence-electron chi connectivity index (χ4n) is 5.36. The van der Waals surface area contributed by atoms with Gasteiger partial charge < -0.3 is 14.0 Å². The van der Waals surface area contributed by atoms with Crippen LogP contribution in [0.4, 0.5) is 8.78 Å². The number of ether oxygens (including phenoxy) is 2. The maximum absolute atomic E-state index is 13.8. The van der Waals surface area contributed by atoms with Crippen molar-refractivity contribution in [1.29, 1.82) is 0 Å². The third-order valence-electron chi connectivity index (χ3n) is 7.08. The monoisotopic (exact) mass is 497 g/mol. The second-order valence-corrected chi connectivity index (χ2v) is 10.1. The predicted molar refractivity (Wildman–Crippen MR) is 131 cm³/mol. The Morgan fingerprint density at radius 1 is 1.11 bits per heavy atom. The molecule has 2 aromatic heterocycles. The first-order valence-electron chi connectivity index (χ1n) is 12.0. The van der Waals surface area contributed by atoms with Gasteiger partial charge in [-0.3, -0.25) is 4.98 Å². The van der Waals surface area contributed by atoms with E-state index in [-0.39, 0.29) is 30.9 Å². The lowest BCUT2D eigenvalue weighted by Gasteiger charge is -2.37. The number of imidazole rings is 1. The summed E-state index contributed by atoms with van der Waals surface area (Å²) in [7, 11) is 0. The van der Waals surface area contributed by atoms with Gasteiger partial charge in [0.2, 0.25) is 5.92 Å². The van der Waals surface area contributed by atoms with Gasteiger partial charge in [-0.1, -0.05) is 41.9 Å². The molecule has 0 amide bonds. The summed E-state index contributed by atoms with van der Waals surface area (Å²) < 4.78 is 41.9. The molecule has 2 aliphatic rings. The van der Waals surface area contributed by atoms with Crippen LogP contribution in [0.3, 0.4) is 0 Å². The summed E-state index contributed by atoms with van der Waals surface area (Å²) in [5, 5.41) is 1.50. The minimum Gasteiger partial charge on any atom is -0.376 e. The van der Waals surface area contributed by atoms with Crippen LogP contribution in [-0.4, -0.2) is 39.8 Å². The van der Waals surface area contributed by atoms with Crippen molar-refractivity contribution in [2.45, 2.75) is 56.3 Å². The first-order chi connectivity index (χ1) is 17.0. The summed E-state index contributed by atoms with van der Waals surface area (Å²) in [6.45, 7) is 1.58. The van der Waals surface area contributed by atoms with Crippen LogP contribution in [0, 0.1) is 0 Å². The van der Waals surface area contributed by atoms with Crippen LogP contribution in [0.5, 0.6) is 0 Å². The zero-order valence-corrected chi connectivity index (χ0v) is 19.9. The Kier molecular flexibility index (Phi) is 5.95. The fraction of sp³-hybridized carbons (Fsp3) is 0.407. The molecule has 0 radical (unpaired) electrons. The van der Waals surface area contributed by atoms with Crippen LogP contribution >= 0.6 is 11.6 Å². The van der Waals surface area contributed by atoms with Gasteiger partial charge in [0.25, 0.3) is 0 Å². The molecule has 1 saturated heterocycles. The Labute approximate surface area is 207 Å². The van der Waals surface area contributed by atoms with Gasteiger partial charge in [-0.2, -0.15) is 0 Å². The highest BCUT2D eigenvalue weighted by molar-refractivity contribution is 6.31. The Morgan fingerprint density at radius 2 is 1.94 bits per heavy atom. The molecule has 1 saturated carbocycles. The number of hydrogen-bond donors (Lipinski definition) is 0. The highest BCUT2D eigenvalue weighted by atomic mass is 35.5. The molecule has 4 aromatic rings. The first-order valence-corrected chi connectivity index (χ1v) is 12.4. The van der Waals surface area contributed by atoms with Gasteiger partial charge in [0, 0.05) is 41.8 Å². The number of aromatic nitrogens is 3. The van der Waals surface area contributed by atoms with Gasteiger partial charge >= 0.3 is 0 Å². The number of rotatable bonds is 6. The van der Waals surface area contributed by atoms with Crippen molar-refractivity contribution in [2.24, 2.45) is 0 Å². The third-order valence-corrected chi connectivity index (χ3v) is 7.32. The molecule has 2 fully saturated rings. The minimum atomic E-state index is -2.62. The normalized spacial score (nSPS) is 22.5. The second-order valence-electron chi connectivity index (χ2n) is 9.63. The van der Waals surface area contributed by atoms with E-state index in [1.54, 1.807) is 6.20 Å². The average molecular weight is 498 g/mol. The second kappa shape index (κ2) is 9.12. The molecule has 0 bridgehead atoms. The van der Waals surface area contributed by atoms with Crippen LogP contribution in [0.1, 0.15) is 49.0 Å². The van der Waals surface area contributed by atoms with Crippen LogP contribution in [0.25, 0.3) is 21.9 Å². The van der Waals surface area contributed by atoms with Crippen LogP contribution < -0.4 is 0 Å². The molecular weight excluding hydrogens is 472 g/mol. The molecular formula is C27H26ClF2N3O2. The topological polar surface area (TPSA) is 49.2 Å². The smallest absolute Gasteiger partial charge is 0.249 e. The van der Waals surface area contributed by atoms with E-state index in [0.29, 0.717) is 30.4 Å². The van der Waals surface area contributed by atoms with Crippen LogP contribution in [0.2, 0.25) is 5.02 Å². The van der Waals surface area contributed by atoms with Gasteiger partial charge in [0.05, 0.1) is 36.5 Å². The summed E-state index contributed by atoms with van der Waals surface area (Å²) in [5.74, 6) is -2.18. The van der Waals surface area contributed by atoms with E-state index >= 15 is 0 Å². The number of nitrogens with zero attached hydrogens (tertiary/aromatic N) is 3. The van der Waals surface area contributed by atoms with Gasteiger partial charge in [-0.05, 0) is 36.6 Å². The summed E-state index contributed by atoms with van der Waals surface area (Å²) in [5.41, 5.74) is 3.56. The summed E-state index contributed by atoms with van der Waals surface area (Å²) in [6.07, 6.45) is 2.82. The largest absolute Gasteiger partial charge is 0.376 e. The maximum Gasteiger partial charge on any atom is 0.249 e. The van der Waals surface area contributed by atoms with E-state index in [2.05, 4.69) is 9.55 Å². The standard InChI is InChI=1S/C27H26ClF2N3O2/c28-19-6-7-23-22(10-19)25-24(14-31-23)32-26(18-12-27(29,30)13-18)33(25)20-8-9-35-21(11-20)16-34-15-17-4-2-1-3-5-17/h1-7,10,14,18,20-21H,8-9,11-13,15-16H2. The van der Waals surface area contributed by atoms with Crippen LogP contribution in [0.15, 0.2) is 54.7 Å². The number of halogens is 3. The molecule has 2 aromatic carbocycles. The minimum absolute atomic E-state index is 0.0629. The van der Waals surface area contributed by atoms with E-state index < -0.39 is 5.92 Å². The molecule has 8 heteroatoms. The van der Waals surface area contributed by atoms with Crippen molar-refractivity contribution >= 4 is 33.5 Å². The summed E-state index contributed by atoms with van der Waals surface area (Å²) in [4.78, 5) is 9.37. The lowest BCUT2D eigenvalue weighted by atomic mass is 9.80. The Morgan fingerprint density at radius 3 is 2.74 bits per heavy atom. The van der Waals surface area contributed by atoms with Crippen LogP contribution in [-0.2, 0) is 16.1 Å². The molecule has 182 valence electrons. The van der Waals surface area contributed by atoms with Gasteiger partial charge in [0.15, 0.2) is 0 Å². The van der Waals surface area contributed by atoms with Crippen molar-refractivity contribution in [3.63, 3.8) is 0 Å². The maximum atomic E-state index is 13.8. The quantitative estimate of drug-likeness (QED) is 0.298. The predicted octanol–water partition coefficient (Wildman–Crippen LogP) is 6.69. The number of hydrogen-bond acceptors (Lipinski definition) is 4. The molecule has 3 heterocycles. The van der Waals surface area contributed by atoms with Gasteiger partial charge in [-0.15, -0.1) is 0 Å². The van der Waals surface area contributed by atoms with Crippen molar-refractivity contribution in [3.05, 3.63) is 71.1 Å². The molecule has 2 unspecified atom stereocenters. The van der Waals surface area contributed by atoms with Gasteiger partial charge in [0.1, 0.15) is 11.3 Å². The van der Waals surface area contributed by atoms with Crippen molar-refractivity contribution in [2.75, 3.05) is 13.2 Å². The molecule has 2 atom stereocenters. The Hall–Kier alpha value is -2.61. The van der Waals surface area contributed by atoms with Crippen molar-refractivity contribution in [1.82, 2.24) is 14.5 Å². The Balaban J connectivity index is 1.32. The molecule has 35 heavy (non-hydrogen) atoms. The first kappa shape index (κ1) is 22.8. The summed E-state index contributed by atoms with van der Waals surface area (Å²) in [6, 6.07) is 15.7. The van der Waals surface area contributed by atoms with E-state index in [1.807, 2.05) is 48.5 Å². The van der Waals surface area contributed by atoms with Crippen molar-refractivity contribution in [3.8, 4) is 0 Å². The zero-order valence-electron chi connectivity index (χ0n) is 19.2. The molecule has 5 nitrogen and oxygen atoms in total. The average Bonchev–Trinajstić information content (AvgIpc) is 3.23. The van der Waals surface area contributed by atoms with E-state index in [1.165, 1.54) is 0 Å². The Bertz CT molecular complexity index is 1350. The molecule has 1 aliphatic heterocycles. The SMILES string of the molecule is FC1(F)CC(c2nc3cnc4ccc(Cl)cc4c3n2C2CCOC(COCc3ccccc3)C2)C1. The fourth-order valence-corrected chi connectivity index (χ4v) is 5.53. The number of alkyl halides is 2. The van der Waals surface area contributed by atoms with Crippen molar-refractivity contribution < 1.29 is 18.3 Å². The molecule has 6 rings (SSSR count). The van der Waals surface area contributed by atoms with E-state index in [0.717, 1.165) is 40.6 Å². The number of benzene rings is 2. The zero-order chi connectivity index (χ0) is 24.0. The molecule has 0 N–H and O–H groups in total. The van der Waals surface area contributed by atoms with Gasteiger partial charge in [-0.25, -0.2) is 13.8 Å². The molecule has 0 spiro atoms. The summed E-state index contributed by atoms with van der Waals surface area (Å²) >= 11 is 6.34. The van der Waals surface area contributed by atoms with E-state index in [9.17, 15) is 8.78 Å². The lowest BCUT2D eigenvalue weighted by Crippen LogP contribution is -2.37. The molecule has 1 aliphatic carbocycles. The lowest BCUT2D eigenvalue weighted by molar-refractivity contribution is -0.0905. The third kappa shape index (κ3) is 4.53. The number of fused-ring (bicyclic) bond motifs is 3. The number of pyridine rings is 1. The highest BCUT2D eigenvalue weighted by Crippen LogP contribution is 2.50. The highest BCUT2D eigenvalue weighted by Gasteiger charge is 2.48.